The first-order valence-corrected chi connectivity index (χ1v) is 13.5. The molecule has 1 aliphatic rings. The van der Waals surface area contributed by atoms with Crippen LogP contribution in [0.25, 0.3) is 0 Å². The van der Waals surface area contributed by atoms with Crippen LogP contribution in [0.1, 0.15) is 42.6 Å². The smallest absolute Gasteiger partial charge is 0.255 e. The third-order valence-corrected chi connectivity index (χ3v) is 9.57. The highest BCUT2D eigenvalue weighted by molar-refractivity contribution is 7.89. The Morgan fingerprint density at radius 2 is 1.50 bits per heavy atom. The molecule has 0 aliphatic carbocycles. The molecule has 8 nitrogen and oxygen atoms in total. The summed E-state index contributed by atoms with van der Waals surface area (Å²) in [4.78, 5) is 13.1. The quantitative estimate of drug-likeness (QED) is 0.627. The lowest BCUT2D eigenvalue weighted by Crippen LogP contribution is -2.30. The maximum absolute atomic E-state index is 12.9. The number of rotatable bonds is 8. The molecule has 1 heterocycles. The van der Waals surface area contributed by atoms with Gasteiger partial charge in [0.2, 0.25) is 20.0 Å². The van der Waals surface area contributed by atoms with E-state index in [9.17, 15) is 21.6 Å². The van der Waals surface area contributed by atoms with Crippen molar-refractivity contribution in [3.8, 4) is 0 Å². The van der Waals surface area contributed by atoms with Crippen molar-refractivity contribution >= 4 is 31.6 Å². The highest BCUT2D eigenvalue weighted by Gasteiger charge is 2.28. The number of benzene rings is 2. The molecular weight excluding hydrogens is 450 g/mol. The van der Waals surface area contributed by atoms with Crippen LogP contribution in [0.4, 0.5) is 5.69 Å². The van der Waals surface area contributed by atoms with Crippen LogP contribution in [0.5, 0.6) is 0 Å². The molecule has 1 amide bonds. The Bertz CT molecular complexity index is 1180. The highest BCUT2D eigenvalue weighted by atomic mass is 32.2. The van der Waals surface area contributed by atoms with Crippen molar-refractivity contribution in [1.29, 1.82) is 0 Å². The van der Waals surface area contributed by atoms with Crippen LogP contribution in [0.15, 0.2) is 52.3 Å². The average Bonchev–Trinajstić information content (AvgIpc) is 3.31. The zero-order valence-electron chi connectivity index (χ0n) is 18.5. The van der Waals surface area contributed by atoms with Crippen LogP contribution in [0.3, 0.4) is 0 Å². The van der Waals surface area contributed by atoms with E-state index in [2.05, 4.69) is 5.32 Å². The van der Waals surface area contributed by atoms with E-state index in [1.54, 1.807) is 26.8 Å². The van der Waals surface area contributed by atoms with Crippen molar-refractivity contribution in [2.75, 3.05) is 31.5 Å². The molecule has 0 saturated carbocycles. The van der Waals surface area contributed by atoms with Gasteiger partial charge in [0.15, 0.2) is 0 Å². The predicted molar refractivity (Wildman–Crippen MR) is 124 cm³/mol. The standard InChI is InChI=1S/C22H29N3O5S2/c1-4-24(5-2)31(27,28)19-12-9-18(10-13-19)23-22(26)21-16-20(11-8-17(21)3)32(29,30)25-14-6-7-15-25/h8-13,16H,4-7,14-15H2,1-3H3,(H,23,26). The van der Waals surface area contributed by atoms with Crippen molar-refractivity contribution in [3.05, 3.63) is 53.6 Å². The zero-order valence-corrected chi connectivity index (χ0v) is 20.2. The molecule has 0 spiro atoms. The number of hydrogen-bond acceptors (Lipinski definition) is 5. The predicted octanol–water partition coefficient (Wildman–Crippen LogP) is 3.06. The van der Waals surface area contributed by atoms with Crippen LogP contribution in [0.2, 0.25) is 0 Å². The van der Waals surface area contributed by atoms with Crippen LogP contribution in [0, 0.1) is 6.92 Å². The molecule has 32 heavy (non-hydrogen) atoms. The van der Waals surface area contributed by atoms with Crippen LogP contribution < -0.4 is 5.32 Å². The van der Waals surface area contributed by atoms with E-state index in [-0.39, 0.29) is 15.4 Å². The molecule has 2 aromatic rings. The Balaban J connectivity index is 1.82. The van der Waals surface area contributed by atoms with E-state index in [0.29, 0.717) is 37.4 Å². The first-order valence-electron chi connectivity index (χ1n) is 10.6. The average molecular weight is 480 g/mol. The van der Waals surface area contributed by atoms with Gasteiger partial charge in [-0.25, -0.2) is 16.8 Å². The Hall–Kier alpha value is -2.27. The minimum atomic E-state index is -3.64. The third-order valence-electron chi connectivity index (χ3n) is 5.61. The first-order chi connectivity index (χ1) is 15.1. The van der Waals surface area contributed by atoms with E-state index in [0.717, 1.165) is 12.8 Å². The van der Waals surface area contributed by atoms with Crippen molar-refractivity contribution in [2.24, 2.45) is 0 Å². The Kier molecular flexibility index (Phi) is 7.39. The number of carbonyl (C=O) groups excluding carboxylic acids is 1. The van der Waals surface area contributed by atoms with Gasteiger partial charge in [-0.1, -0.05) is 19.9 Å². The van der Waals surface area contributed by atoms with E-state index in [1.807, 2.05) is 0 Å². The maximum Gasteiger partial charge on any atom is 0.255 e. The number of aryl methyl sites for hydroxylation is 1. The summed E-state index contributed by atoms with van der Waals surface area (Å²) < 4.78 is 53.7. The van der Waals surface area contributed by atoms with E-state index in [1.165, 1.54) is 45.0 Å². The van der Waals surface area contributed by atoms with Gasteiger partial charge in [0.1, 0.15) is 0 Å². The summed E-state index contributed by atoms with van der Waals surface area (Å²) in [5.41, 5.74) is 1.31. The van der Waals surface area contributed by atoms with Crippen molar-refractivity contribution in [2.45, 2.75) is 43.4 Å². The van der Waals surface area contributed by atoms with Crippen molar-refractivity contribution in [3.63, 3.8) is 0 Å². The summed E-state index contributed by atoms with van der Waals surface area (Å²) in [6.45, 7) is 6.99. The normalized spacial score (nSPS) is 15.2. The van der Waals surface area contributed by atoms with Gasteiger partial charge >= 0.3 is 0 Å². The fraction of sp³-hybridized carbons (Fsp3) is 0.409. The molecule has 1 aliphatic heterocycles. The number of hydrogen-bond donors (Lipinski definition) is 1. The fourth-order valence-electron chi connectivity index (χ4n) is 3.71. The van der Waals surface area contributed by atoms with E-state index < -0.39 is 26.0 Å². The number of nitrogens with one attached hydrogen (secondary N) is 1. The molecule has 0 bridgehead atoms. The van der Waals surface area contributed by atoms with Gasteiger partial charge in [-0.05, 0) is 61.7 Å². The molecule has 10 heteroatoms. The molecule has 0 atom stereocenters. The molecule has 0 unspecified atom stereocenters. The maximum atomic E-state index is 12.9. The second kappa shape index (κ2) is 9.70. The van der Waals surface area contributed by atoms with Crippen LogP contribution in [-0.4, -0.2) is 57.5 Å². The molecule has 2 aromatic carbocycles. The van der Waals surface area contributed by atoms with E-state index in [4.69, 9.17) is 0 Å². The molecule has 0 aromatic heterocycles. The minimum absolute atomic E-state index is 0.0933. The summed E-state index contributed by atoms with van der Waals surface area (Å²) in [5.74, 6) is -0.458. The zero-order chi connectivity index (χ0) is 23.5. The van der Waals surface area contributed by atoms with E-state index >= 15 is 0 Å². The monoisotopic (exact) mass is 479 g/mol. The van der Waals surface area contributed by atoms with Crippen molar-refractivity contribution < 1.29 is 21.6 Å². The molecule has 174 valence electrons. The first kappa shape index (κ1) is 24.4. The second-order valence-electron chi connectivity index (χ2n) is 7.66. The summed E-state index contributed by atoms with van der Waals surface area (Å²) in [5, 5.41) is 2.73. The largest absolute Gasteiger partial charge is 0.322 e. The molecule has 0 radical (unpaired) electrons. The molecule has 1 fully saturated rings. The Morgan fingerprint density at radius 1 is 0.938 bits per heavy atom. The third kappa shape index (κ3) is 4.88. The number of carbonyl (C=O) groups is 1. The van der Waals surface area contributed by atoms with Gasteiger partial charge in [0, 0.05) is 37.4 Å². The molecule has 1 N–H and O–H groups in total. The van der Waals surface area contributed by atoms with Gasteiger partial charge < -0.3 is 5.32 Å². The fourth-order valence-corrected chi connectivity index (χ4v) is 6.71. The molecular formula is C22H29N3O5S2. The summed E-state index contributed by atoms with van der Waals surface area (Å²) in [7, 11) is -7.22. The van der Waals surface area contributed by atoms with Gasteiger partial charge in [0.25, 0.3) is 5.91 Å². The molecule has 3 rings (SSSR count). The van der Waals surface area contributed by atoms with Crippen LogP contribution in [-0.2, 0) is 20.0 Å². The van der Waals surface area contributed by atoms with Crippen LogP contribution >= 0.6 is 0 Å². The number of anilines is 1. The Labute approximate surface area is 190 Å². The number of sulfonamides is 2. The van der Waals surface area contributed by atoms with Gasteiger partial charge in [-0.15, -0.1) is 0 Å². The lowest BCUT2D eigenvalue weighted by Gasteiger charge is -2.18. The number of amides is 1. The second-order valence-corrected chi connectivity index (χ2v) is 11.5. The molecule has 1 saturated heterocycles. The highest BCUT2D eigenvalue weighted by Crippen LogP contribution is 2.24. The lowest BCUT2D eigenvalue weighted by molar-refractivity contribution is 0.102. The summed E-state index contributed by atoms with van der Waals surface area (Å²) >= 11 is 0. The van der Waals surface area contributed by atoms with Gasteiger partial charge in [0.05, 0.1) is 9.79 Å². The minimum Gasteiger partial charge on any atom is -0.322 e. The topological polar surface area (TPSA) is 104 Å². The SMILES string of the molecule is CCN(CC)S(=O)(=O)c1ccc(NC(=O)c2cc(S(=O)(=O)N3CCCC3)ccc2C)cc1. The Morgan fingerprint density at radius 3 is 2.06 bits per heavy atom. The van der Waals surface area contributed by atoms with Gasteiger partial charge in [-0.2, -0.15) is 8.61 Å². The van der Waals surface area contributed by atoms with Gasteiger partial charge in [-0.3, -0.25) is 4.79 Å². The number of nitrogens with zero attached hydrogens (tertiary/aromatic N) is 2. The summed E-state index contributed by atoms with van der Waals surface area (Å²) in [6.07, 6.45) is 1.66. The summed E-state index contributed by atoms with van der Waals surface area (Å²) in [6, 6.07) is 10.5. The lowest BCUT2D eigenvalue weighted by atomic mass is 10.1. The van der Waals surface area contributed by atoms with Crippen molar-refractivity contribution in [1.82, 2.24) is 8.61 Å².